The SMILES string of the molecule is c1ccc(N(c2ccc3c4ccccc4n(-c4ccccc4-c4cccc5ccccc45)c3c2)c2ccccc2-c2ccc3oc4ccccc4c3c2)cc1. The Morgan fingerprint density at radius 1 is 0.364 bits per heavy atom. The van der Waals surface area contributed by atoms with Crippen molar-refractivity contribution in [2.45, 2.75) is 0 Å². The summed E-state index contributed by atoms with van der Waals surface area (Å²) in [5, 5.41) is 7.16. The molecule has 0 radical (unpaired) electrons. The van der Waals surface area contributed by atoms with Gasteiger partial charge in [0.1, 0.15) is 11.2 Å². The van der Waals surface area contributed by atoms with E-state index >= 15 is 0 Å². The number of furan rings is 1. The van der Waals surface area contributed by atoms with Gasteiger partial charge in [-0.15, -0.1) is 0 Å². The largest absolute Gasteiger partial charge is 0.456 e. The first kappa shape index (κ1) is 31.2. The average molecular weight is 703 g/mol. The fraction of sp³-hybridized carbons (Fsp3) is 0. The summed E-state index contributed by atoms with van der Waals surface area (Å²) in [6.45, 7) is 0. The summed E-state index contributed by atoms with van der Waals surface area (Å²) in [4.78, 5) is 2.39. The molecule has 2 aromatic heterocycles. The van der Waals surface area contributed by atoms with E-state index in [1.165, 1.54) is 38.2 Å². The highest BCUT2D eigenvalue weighted by Crippen LogP contribution is 2.45. The lowest BCUT2D eigenvalue weighted by Gasteiger charge is -2.28. The molecule has 3 heteroatoms. The number of benzene rings is 9. The minimum absolute atomic E-state index is 0.893. The predicted molar refractivity (Wildman–Crippen MR) is 231 cm³/mol. The Hall–Kier alpha value is -7.36. The number of hydrogen-bond acceptors (Lipinski definition) is 2. The molecule has 0 unspecified atom stereocenters. The second-order valence-corrected chi connectivity index (χ2v) is 14.1. The molecule has 0 atom stereocenters. The minimum atomic E-state index is 0.893. The fourth-order valence-electron chi connectivity index (χ4n) is 8.52. The Morgan fingerprint density at radius 2 is 1.02 bits per heavy atom. The van der Waals surface area contributed by atoms with E-state index in [2.05, 4.69) is 204 Å². The summed E-state index contributed by atoms with van der Waals surface area (Å²) in [5.41, 5.74) is 13.2. The van der Waals surface area contributed by atoms with Crippen LogP contribution in [0.15, 0.2) is 211 Å². The number of para-hydroxylation sites is 5. The van der Waals surface area contributed by atoms with Crippen molar-refractivity contribution in [2.75, 3.05) is 4.90 Å². The number of hydrogen-bond donors (Lipinski definition) is 0. The Balaban J connectivity index is 1.15. The van der Waals surface area contributed by atoms with Crippen LogP contribution < -0.4 is 4.90 Å². The lowest BCUT2D eigenvalue weighted by Crippen LogP contribution is -2.11. The van der Waals surface area contributed by atoms with E-state index < -0.39 is 0 Å². The maximum absolute atomic E-state index is 6.22. The van der Waals surface area contributed by atoms with Gasteiger partial charge in [0.05, 0.1) is 22.4 Å². The van der Waals surface area contributed by atoms with Crippen LogP contribution >= 0.6 is 0 Å². The molecule has 0 bridgehead atoms. The summed E-state index contributed by atoms with van der Waals surface area (Å²) < 4.78 is 8.67. The summed E-state index contributed by atoms with van der Waals surface area (Å²) in [5.74, 6) is 0. The number of rotatable bonds is 6. The molecule has 0 saturated carbocycles. The van der Waals surface area contributed by atoms with Crippen molar-refractivity contribution in [3.8, 4) is 27.9 Å². The zero-order valence-electron chi connectivity index (χ0n) is 29.9. The van der Waals surface area contributed by atoms with Gasteiger partial charge in [-0.2, -0.15) is 0 Å². The van der Waals surface area contributed by atoms with Crippen LogP contribution in [0.4, 0.5) is 17.1 Å². The molecule has 0 aliphatic carbocycles. The van der Waals surface area contributed by atoms with Gasteiger partial charge in [0.25, 0.3) is 0 Å². The van der Waals surface area contributed by atoms with Crippen molar-refractivity contribution in [2.24, 2.45) is 0 Å². The van der Waals surface area contributed by atoms with Gasteiger partial charge in [0.2, 0.25) is 0 Å². The van der Waals surface area contributed by atoms with Crippen LogP contribution in [0.1, 0.15) is 0 Å². The maximum atomic E-state index is 6.22. The molecular weight excluding hydrogens is 669 g/mol. The van der Waals surface area contributed by atoms with Crippen molar-refractivity contribution in [3.63, 3.8) is 0 Å². The van der Waals surface area contributed by atoms with Gasteiger partial charge < -0.3 is 13.9 Å². The molecule has 11 rings (SSSR count). The summed E-state index contributed by atoms with van der Waals surface area (Å²) in [6.07, 6.45) is 0. The lowest BCUT2D eigenvalue weighted by atomic mass is 9.97. The second-order valence-electron chi connectivity index (χ2n) is 14.1. The number of nitrogens with zero attached hydrogens (tertiary/aromatic N) is 2. The molecule has 0 aliphatic heterocycles. The summed E-state index contributed by atoms with van der Waals surface area (Å²) in [7, 11) is 0. The van der Waals surface area contributed by atoms with Crippen LogP contribution in [0.3, 0.4) is 0 Å². The Kier molecular flexibility index (Phi) is 7.17. The smallest absolute Gasteiger partial charge is 0.135 e. The van der Waals surface area contributed by atoms with E-state index in [1.807, 2.05) is 12.1 Å². The molecule has 0 aliphatic rings. The van der Waals surface area contributed by atoms with Crippen LogP contribution in [0, 0.1) is 0 Å². The molecule has 9 aromatic carbocycles. The van der Waals surface area contributed by atoms with E-state index in [4.69, 9.17) is 4.42 Å². The standard InChI is InChI=1S/C52H34N2O/c1-2-17-37(18-3-1)53(47-25-10-6-20-40(47)36-29-32-52-46(33-36)45-23-9-13-28-51(45)55-52)38-30-31-44-43-22-8-12-27-49(43)54(50(44)34-38)48-26-11-7-21-42(48)41-24-14-16-35-15-4-5-19-39(35)41/h1-34H. The highest BCUT2D eigenvalue weighted by Gasteiger charge is 2.21. The van der Waals surface area contributed by atoms with Crippen molar-refractivity contribution in [1.29, 1.82) is 0 Å². The fourth-order valence-corrected chi connectivity index (χ4v) is 8.52. The highest BCUT2D eigenvalue weighted by atomic mass is 16.3. The van der Waals surface area contributed by atoms with Crippen LogP contribution in [-0.4, -0.2) is 4.57 Å². The van der Waals surface area contributed by atoms with Crippen molar-refractivity contribution in [1.82, 2.24) is 4.57 Å². The molecule has 0 saturated heterocycles. The number of fused-ring (bicyclic) bond motifs is 7. The second kappa shape index (κ2) is 12.6. The van der Waals surface area contributed by atoms with Gasteiger partial charge in [0, 0.05) is 44.0 Å². The van der Waals surface area contributed by atoms with E-state index in [0.717, 1.165) is 61.3 Å². The Labute approximate surface area is 318 Å². The quantitative estimate of drug-likeness (QED) is 0.172. The topological polar surface area (TPSA) is 21.3 Å². The van der Waals surface area contributed by atoms with Gasteiger partial charge in [-0.3, -0.25) is 0 Å². The van der Waals surface area contributed by atoms with Gasteiger partial charge in [-0.1, -0.05) is 146 Å². The van der Waals surface area contributed by atoms with Gasteiger partial charge >= 0.3 is 0 Å². The van der Waals surface area contributed by atoms with Crippen molar-refractivity contribution >= 4 is 71.6 Å². The molecule has 0 N–H and O–H groups in total. The van der Waals surface area contributed by atoms with Gasteiger partial charge in [0.15, 0.2) is 0 Å². The first-order valence-corrected chi connectivity index (χ1v) is 18.8. The normalized spacial score (nSPS) is 11.6. The number of aromatic nitrogens is 1. The molecule has 3 nitrogen and oxygen atoms in total. The monoisotopic (exact) mass is 702 g/mol. The van der Waals surface area contributed by atoms with Crippen molar-refractivity contribution in [3.05, 3.63) is 206 Å². The van der Waals surface area contributed by atoms with Gasteiger partial charge in [-0.05, 0) is 82.6 Å². The van der Waals surface area contributed by atoms with Crippen molar-refractivity contribution < 1.29 is 4.42 Å². The Bertz CT molecular complexity index is 3220. The third-order valence-corrected chi connectivity index (χ3v) is 11.0. The molecular formula is C52H34N2O. The minimum Gasteiger partial charge on any atom is -0.456 e. The predicted octanol–water partition coefficient (Wildman–Crippen LogP) is 14.6. The van der Waals surface area contributed by atoms with E-state index in [0.29, 0.717) is 0 Å². The van der Waals surface area contributed by atoms with Crippen LogP contribution in [0.5, 0.6) is 0 Å². The highest BCUT2D eigenvalue weighted by molar-refractivity contribution is 6.12. The Morgan fingerprint density at radius 3 is 1.93 bits per heavy atom. The molecule has 258 valence electrons. The first-order valence-electron chi connectivity index (χ1n) is 18.8. The molecule has 0 spiro atoms. The maximum Gasteiger partial charge on any atom is 0.135 e. The molecule has 2 heterocycles. The molecule has 11 aromatic rings. The van der Waals surface area contributed by atoms with Crippen LogP contribution in [0.25, 0.3) is 82.5 Å². The first-order chi connectivity index (χ1) is 27.3. The lowest BCUT2D eigenvalue weighted by molar-refractivity contribution is 0.669. The van der Waals surface area contributed by atoms with Gasteiger partial charge in [-0.25, -0.2) is 0 Å². The summed E-state index contributed by atoms with van der Waals surface area (Å²) in [6, 6.07) is 74.1. The van der Waals surface area contributed by atoms with E-state index in [-0.39, 0.29) is 0 Å². The van der Waals surface area contributed by atoms with E-state index in [1.54, 1.807) is 0 Å². The third kappa shape index (κ3) is 5.05. The average Bonchev–Trinajstić information content (AvgIpc) is 3.79. The molecule has 0 amide bonds. The molecule has 55 heavy (non-hydrogen) atoms. The summed E-state index contributed by atoms with van der Waals surface area (Å²) >= 11 is 0. The molecule has 0 fully saturated rings. The van der Waals surface area contributed by atoms with E-state index in [9.17, 15) is 0 Å². The van der Waals surface area contributed by atoms with Crippen LogP contribution in [-0.2, 0) is 0 Å². The zero-order chi connectivity index (χ0) is 36.3. The zero-order valence-corrected chi connectivity index (χ0v) is 29.9. The third-order valence-electron chi connectivity index (χ3n) is 11.0. The van der Waals surface area contributed by atoms with Crippen LogP contribution in [0.2, 0.25) is 0 Å². The number of anilines is 3.